The van der Waals surface area contributed by atoms with Crippen molar-refractivity contribution in [2.75, 3.05) is 20.3 Å². The number of aryl methyl sites for hydroxylation is 1. The number of nitrogens with zero attached hydrogens (tertiary/aromatic N) is 2. The maximum atomic E-state index is 5.92. The molecule has 2 heterocycles. The number of ether oxygens (including phenoxy) is 1. The normalized spacial score (nSPS) is 16.4. The molecule has 0 bridgehead atoms. The van der Waals surface area contributed by atoms with Gasteiger partial charge in [-0.1, -0.05) is 11.6 Å². The molecule has 0 saturated carbocycles. The summed E-state index contributed by atoms with van der Waals surface area (Å²) in [5.41, 5.74) is 1.95. The molecule has 1 aromatic heterocycles. The molecule has 1 aliphatic rings. The smallest absolute Gasteiger partial charge is 0.226 e. The SMILES string of the molecule is Cc1oc(-c2ccc(Cl)cc2)nc1CN(C)C1CCOCC1. The third-order valence-corrected chi connectivity index (χ3v) is 4.45. The van der Waals surface area contributed by atoms with Crippen LogP contribution in [0.3, 0.4) is 0 Å². The van der Waals surface area contributed by atoms with Crippen LogP contribution in [0.5, 0.6) is 0 Å². The Morgan fingerprint density at radius 2 is 1.91 bits per heavy atom. The van der Waals surface area contributed by atoms with Gasteiger partial charge in [-0.25, -0.2) is 4.98 Å². The Hall–Kier alpha value is -1.36. The third-order valence-electron chi connectivity index (χ3n) is 4.20. The number of hydrogen-bond acceptors (Lipinski definition) is 4. The molecule has 4 nitrogen and oxygen atoms in total. The van der Waals surface area contributed by atoms with E-state index in [1.54, 1.807) is 0 Å². The first-order valence-electron chi connectivity index (χ1n) is 7.63. The summed E-state index contributed by atoms with van der Waals surface area (Å²) in [5.74, 6) is 1.54. The van der Waals surface area contributed by atoms with E-state index < -0.39 is 0 Å². The molecule has 0 spiro atoms. The summed E-state index contributed by atoms with van der Waals surface area (Å²) in [7, 11) is 2.14. The van der Waals surface area contributed by atoms with Crippen molar-refractivity contribution in [3.8, 4) is 11.5 Å². The molecule has 22 heavy (non-hydrogen) atoms. The van der Waals surface area contributed by atoms with Crippen LogP contribution in [0.15, 0.2) is 28.7 Å². The van der Waals surface area contributed by atoms with E-state index in [0.29, 0.717) is 17.0 Å². The molecule has 0 atom stereocenters. The van der Waals surface area contributed by atoms with E-state index in [1.165, 1.54) is 0 Å². The van der Waals surface area contributed by atoms with Gasteiger partial charge in [0, 0.05) is 36.4 Å². The van der Waals surface area contributed by atoms with Crippen molar-refractivity contribution in [1.29, 1.82) is 0 Å². The average Bonchev–Trinajstić information content (AvgIpc) is 2.90. The minimum atomic E-state index is 0.559. The fourth-order valence-electron chi connectivity index (χ4n) is 2.78. The third kappa shape index (κ3) is 3.51. The maximum absolute atomic E-state index is 5.92. The quantitative estimate of drug-likeness (QED) is 0.856. The van der Waals surface area contributed by atoms with Gasteiger partial charge < -0.3 is 9.15 Å². The second kappa shape index (κ2) is 6.82. The van der Waals surface area contributed by atoms with Gasteiger partial charge in [0.15, 0.2) is 0 Å². The van der Waals surface area contributed by atoms with Gasteiger partial charge in [0.25, 0.3) is 0 Å². The van der Waals surface area contributed by atoms with Crippen molar-refractivity contribution in [1.82, 2.24) is 9.88 Å². The number of halogens is 1. The standard InChI is InChI=1S/C17H21ClN2O2/c1-12-16(11-20(2)15-7-9-21-10-8-15)19-17(22-12)13-3-5-14(18)6-4-13/h3-6,15H,7-11H2,1-2H3. The Balaban J connectivity index is 1.73. The van der Waals surface area contributed by atoms with Gasteiger partial charge in [0.05, 0.1) is 5.69 Å². The highest BCUT2D eigenvalue weighted by Gasteiger charge is 2.21. The van der Waals surface area contributed by atoms with Gasteiger partial charge in [-0.3, -0.25) is 4.90 Å². The van der Waals surface area contributed by atoms with E-state index in [4.69, 9.17) is 20.8 Å². The highest BCUT2D eigenvalue weighted by molar-refractivity contribution is 6.30. The van der Waals surface area contributed by atoms with Crippen molar-refractivity contribution in [2.45, 2.75) is 32.4 Å². The lowest BCUT2D eigenvalue weighted by atomic mass is 10.1. The fourth-order valence-corrected chi connectivity index (χ4v) is 2.91. The van der Waals surface area contributed by atoms with Crippen LogP contribution in [-0.2, 0) is 11.3 Å². The summed E-state index contributed by atoms with van der Waals surface area (Å²) < 4.78 is 11.2. The first-order chi connectivity index (χ1) is 10.6. The molecule has 0 aliphatic carbocycles. The van der Waals surface area contributed by atoms with Crippen LogP contribution in [0, 0.1) is 6.92 Å². The molecule has 1 saturated heterocycles. The monoisotopic (exact) mass is 320 g/mol. The number of aromatic nitrogens is 1. The van der Waals surface area contributed by atoms with Crippen LogP contribution in [0.25, 0.3) is 11.5 Å². The second-order valence-electron chi connectivity index (χ2n) is 5.79. The van der Waals surface area contributed by atoms with E-state index >= 15 is 0 Å². The minimum Gasteiger partial charge on any atom is -0.441 e. The Morgan fingerprint density at radius 1 is 1.23 bits per heavy atom. The summed E-state index contributed by atoms with van der Waals surface area (Å²) in [6.45, 7) is 4.47. The average molecular weight is 321 g/mol. The molecular weight excluding hydrogens is 300 g/mol. The Kier molecular flexibility index (Phi) is 4.81. The summed E-state index contributed by atoms with van der Waals surface area (Å²) in [4.78, 5) is 7.01. The summed E-state index contributed by atoms with van der Waals surface area (Å²) >= 11 is 5.92. The molecule has 0 radical (unpaired) electrons. The molecule has 1 fully saturated rings. The lowest BCUT2D eigenvalue weighted by molar-refractivity contribution is 0.0402. The lowest BCUT2D eigenvalue weighted by Crippen LogP contribution is -2.36. The second-order valence-corrected chi connectivity index (χ2v) is 6.22. The molecule has 5 heteroatoms. The zero-order valence-corrected chi connectivity index (χ0v) is 13.8. The predicted molar refractivity (Wildman–Crippen MR) is 87.0 cm³/mol. The Labute approximate surface area is 136 Å². The molecule has 0 amide bonds. The predicted octanol–water partition coefficient (Wildman–Crippen LogP) is 3.91. The largest absolute Gasteiger partial charge is 0.441 e. The van der Waals surface area contributed by atoms with Gasteiger partial charge in [0.1, 0.15) is 5.76 Å². The van der Waals surface area contributed by atoms with Crippen LogP contribution in [0.2, 0.25) is 5.02 Å². The summed E-state index contributed by atoms with van der Waals surface area (Å²) in [5, 5.41) is 0.714. The zero-order chi connectivity index (χ0) is 15.5. The van der Waals surface area contributed by atoms with E-state index in [-0.39, 0.29) is 0 Å². The maximum Gasteiger partial charge on any atom is 0.226 e. The lowest BCUT2D eigenvalue weighted by Gasteiger charge is -2.30. The van der Waals surface area contributed by atoms with E-state index in [2.05, 4.69) is 16.9 Å². The Morgan fingerprint density at radius 3 is 2.59 bits per heavy atom. The molecule has 1 aromatic carbocycles. The van der Waals surface area contributed by atoms with E-state index in [1.807, 2.05) is 31.2 Å². The van der Waals surface area contributed by atoms with Crippen molar-refractivity contribution >= 4 is 11.6 Å². The molecule has 3 rings (SSSR count). The highest BCUT2D eigenvalue weighted by atomic mass is 35.5. The molecule has 1 aliphatic heterocycles. The van der Waals surface area contributed by atoms with Crippen molar-refractivity contribution in [3.63, 3.8) is 0 Å². The first kappa shape index (κ1) is 15.5. The van der Waals surface area contributed by atoms with Crippen LogP contribution in [0.1, 0.15) is 24.3 Å². The molecule has 0 unspecified atom stereocenters. The summed E-state index contributed by atoms with van der Waals surface area (Å²) in [6.07, 6.45) is 2.16. The van der Waals surface area contributed by atoms with Gasteiger partial charge >= 0.3 is 0 Å². The van der Waals surface area contributed by atoms with Gasteiger partial charge in [-0.2, -0.15) is 0 Å². The zero-order valence-electron chi connectivity index (χ0n) is 13.0. The van der Waals surface area contributed by atoms with Crippen LogP contribution in [0.4, 0.5) is 0 Å². The van der Waals surface area contributed by atoms with E-state index in [9.17, 15) is 0 Å². The summed E-state index contributed by atoms with van der Waals surface area (Å²) in [6, 6.07) is 8.12. The Bertz CT molecular complexity index is 618. The number of rotatable bonds is 4. The van der Waals surface area contributed by atoms with Crippen molar-refractivity contribution < 1.29 is 9.15 Å². The van der Waals surface area contributed by atoms with Gasteiger partial charge in [0.2, 0.25) is 5.89 Å². The first-order valence-corrected chi connectivity index (χ1v) is 8.01. The van der Waals surface area contributed by atoms with Crippen LogP contribution < -0.4 is 0 Å². The molecule has 0 N–H and O–H groups in total. The van der Waals surface area contributed by atoms with Crippen molar-refractivity contribution in [2.24, 2.45) is 0 Å². The number of oxazole rings is 1. The molecular formula is C17H21ClN2O2. The topological polar surface area (TPSA) is 38.5 Å². The van der Waals surface area contributed by atoms with Crippen LogP contribution in [-0.4, -0.2) is 36.2 Å². The van der Waals surface area contributed by atoms with Gasteiger partial charge in [-0.05, 0) is 51.1 Å². The molecule has 118 valence electrons. The molecule has 2 aromatic rings. The fraction of sp³-hybridized carbons (Fsp3) is 0.471. The van der Waals surface area contributed by atoms with E-state index in [0.717, 1.165) is 49.6 Å². The highest BCUT2D eigenvalue weighted by Crippen LogP contribution is 2.25. The van der Waals surface area contributed by atoms with Gasteiger partial charge in [-0.15, -0.1) is 0 Å². The van der Waals surface area contributed by atoms with Crippen LogP contribution >= 0.6 is 11.6 Å². The van der Waals surface area contributed by atoms with Crippen molar-refractivity contribution in [3.05, 3.63) is 40.7 Å². The number of hydrogen-bond donors (Lipinski definition) is 0. The minimum absolute atomic E-state index is 0.559. The number of benzene rings is 1.